The van der Waals surface area contributed by atoms with Crippen molar-refractivity contribution in [1.82, 2.24) is 9.97 Å². The van der Waals surface area contributed by atoms with Gasteiger partial charge in [-0.1, -0.05) is 0 Å². The van der Waals surface area contributed by atoms with Crippen LogP contribution in [0.2, 0.25) is 0 Å². The lowest BCUT2D eigenvalue weighted by molar-refractivity contribution is 1.22. The number of hydrogen-bond donors (Lipinski definition) is 2. The minimum atomic E-state index is 0.665. The van der Waals surface area contributed by atoms with Gasteiger partial charge in [-0.2, -0.15) is 0 Å². The van der Waals surface area contributed by atoms with Crippen molar-refractivity contribution in [2.45, 2.75) is 0 Å². The fourth-order valence-corrected chi connectivity index (χ4v) is 1.52. The quantitative estimate of drug-likeness (QED) is 0.416. The summed E-state index contributed by atoms with van der Waals surface area (Å²) in [5.41, 5.74) is 2.42. The molecule has 0 saturated carbocycles. The summed E-state index contributed by atoms with van der Waals surface area (Å²) in [6.07, 6.45) is 3.42. The number of aromatic nitrogens is 2. The van der Waals surface area contributed by atoms with E-state index in [1.165, 1.54) is 0 Å². The molecule has 2 heterocycles. The molecule has 4 nitrogen and oxygen atoms in total. The zero-order chi connectivity index (χ0) is 12.7. The van der Waals surface area contributed by atoms with E-state index in [-0.39, 0.29) is 0 Å². The highest BCUT2D eigenvalue weighted by Gasteiger charge is 1.87. The van der Waals surface area contributed by atoms with Crippen molar-refractivity contribution >= 4 is 53.6 Å². The number of nitrogens with two attached hydrogens (primary N) is 1. The molecule has 0 radical (unpaired) electrons. The number of pyridine rings is 2. The van der Waals surface area contributed by atoms with Gasteiger partial charge in [0, 0.05) is 21.3 Å². The fourth-order valence-electron chi connectivity index (χ4n) is 0.819. The van der Waals surface area contributed by atoms with Gasteiger partial charge in [-0.05, 0) is 72.1 Å². The average molecular weight is 425 g/mol. The Balaban J connectivity index is 0.000000171. The van der Waals surface area contributed by atoms with Crippen LogP contribution >= 0.6 is 47.8 Å². The number of rotatable bonds is 1. The van der Waals surface area contributed by atoms with Crippen LogP contribution in [-0.2, 0) is 0 Å². The third-order valence-electron chi connectivity index (χ3n) is 1.57. The summed E-state index contributed by atoms with van der Waals surface area (Å²) in [7, 11) is 0. The van der Waals surface area contributed by atoms with Crippen molar-refractivity contribution < 1.29 is 0 Å². The van der Waals surface area contributed by atoms with Crippen LogP contribution < -0.4 is 11.3 Å². The number of nitrogens with zero attached hydrogens (tertiary/aromatic N) is 2. The van der Waals surface area contributed by atoms with E-state index in [2.05, 4.69) is 63.2 Å². The molecule has 0 spiro atoms. The summed E-state index contributed by atoms with van der Waals surface area (Å²) in [5.74, 6) is 5.74. The third kappa shape index (κ3) is 6.11. The molecule has 2 aromatic heterocycles. The molecule has 0 fully saturated rings. The largest absolute Gasteiger partial charge is 0.308 e. The Hall–Kier alpha value is -0.500. The number of nitrogen functional groups attached to an aromatic ring is 1. The van der Waals surface area contributed by atoms with E-state index in [0.29, 0.717) is 5.82 Å². The van der Waals surface area contributed by atoms with Crippen LogP contribution in [0.4, 0.5) is 5.82 Å². The lowest BCUT2D eigenvalue weighted by Crippen LogP contribution is -2.07. The van der Waals surface area contributed by atoms with Crippen molar-refractivity contribution in [3.8, 4) is 0 Å². The Morgan fingerprint density at radius 3 is 1.82 bits per heavy atom. The number of hydrogen-bond acceptors (Lipinski definition) is 4. The second-order valence-corrected chi connectivity index (χ2v) is 5.45. The Morgan fingerprint density at radius 2 is 1.47 bits per heavy atom. The molecule has 2 rings (SSSR count). The highest BCUT2D eigenvalue weighted by molar-refractivity contribution is 9.11. The fraction of sp³-hybridized carbons (Fsp3) is 0. The average Bonchev–Trinajstić information content (AvgIpc) is 2.35. The highest BCUT2D eigenvalue weighted by Crippen LogP contribution is 2.10. The maximum atomic E-state index is 5.07. The maximum absolute atomic E-state index is 5.07. The summed E-state index contributed by atoms with van der Waals surface area (Å²) < 4.78 is 2.81. The number of hydrazine groups is 1. The number of nitrogens with one attached hydrogen (secondary N) is 1. The Labute approximate surface area is 124 Å². The molecule has 7 heteroatoms. The van der Waals surface area contributed by atoms with Gasteiger partial charge in [-0.25, -0.2) is 15.8 Å². The molecule has 0 aliphatic heterocycles. The van der Waals surface area contributed by atoms with E-state index in [4.69, 9.17) is 5.84 Å². The van der Waals surface area contributed by atoms with Gasteiger partial charge >= 0.3 is 0 Å². The van der Waals surface area contributed by atoms with Crippen LogP contribution in [0, 0.1) is 0 Å². The predicted octanol–water partition coefficient (Wildman–Crippen LogP) is 3.74. The summed E-state index contributed by atoms with van der Waals surface area (Å²) in [6, 6.07) is 7.45. The zero-order valence-electron chi connectivity index (χ0n) is 8.57. The van der Waals surface area contributed by atoms with Crippen LogP contribution in [0.15, 0.2) is 50.2 Å². The van der Waals surface area contributed by atoms with Gasteiger partial charge in [0.2, 0.25) is 0 Å². The van der Waals surface area contributed by atoms with Gasteiger partial charge in [0.1, 0.15) is 10.4 Å². The van der Waals surface area contributed by atoms with Crippen LogP contribution in [0.5, 0.6) is 0 Å². The first kappa shape index (κ1) is 14.6. The van der Waals surface area contributed by atoms with Gasteiger partial charge in [0.25, 0.3) is 0 Å². The van der Waals surface area contributed by atoms with Crippen LogP contribution in [-0.4, -0.2) is 9.97 Å². The second kappa shape index (κ2) is 7.75. The predicted molar refractivity (Wildman–Crippen MR) is 79.4 cm³/mol. The monoisotopic (exact) mass is 422 g/mol. The number of halogens is 3. The molecule has 0 bridgehead atoms. The van der Waals surface area contributed by atoms with Crippen molar-refractivity contribution in [2.75, 3.05) is 5.43 Å². The smallest absolute Gasteiger partial charge is 0.139 e. The maximum Gasteiger partial charge on any atom is 0.139 e. The number of anilines is 1. The van der Waals surface area contributed by atoms with Gasteiger partial charge < -0.3 is 5.43 Å². The first-order valence-corrected chi connectivity index (χ1v) is 6.85. The normalized spacial score (nSPS) is 9.18. The van der Waals surface area contributed by atoms with Gasteiger partial charge in [0.05, 0.1) is 0 Å². The molecule has 0 saturated heterocycles. The van der Waals surface area contributed by atoms with Crippen molar-refractivity contribution in [2.24, 2.45) is 5.84 Å². The van der Waals surface area contributed by atoms with Crippen LogP contribution in [0.3, 0.4) is 0 Å². The van der Waals surface area contributed by atoms with Crippen LogP contribution in [0.1, 0.15) is 0 Å². The minimum absolute atomic E-state index is 0.665. The Bertz CT molecular complexity index is 423. The van der Waals surface area contributed by atoms with Crippen molar-refractivity contribution in [1.29, 1.82) is 0 Å². The lowest BCUT2D eigenvalue weighted by Gasteiger charge is -1.95. The molecule has 0 amide bonds. The van der Waals surface area contributed by atoms with E-state index in [0.717, 1.165) is 13.5 Å². The molecular formula is C10H9Br3N4. The molecule has 90 valence electrons. The van der Waals surface area contributed by atoms with E-state index in [1.54, 1.807) is 18.5 Å². The molecule has 0 unspecified atom stereocenters. The van der Waals surface area contributed by atoms with E-state index < -0.39 is 0 Å². The van der Waals surface area contributed by atoms with E-state index in [1.807, 2.05) is 18.2 Å². The van der Waals surface area contributed by atoms with E-state index >= 15 is 0 Å². The van der Waals surface area contributed by atoms with E-state index in [9.17, 15) is 0 Å². The summed E-state index contributed by atoms with van der Waals surface area (Å²) >= 11 is 9.72. The highest BCUT2D eigenvalue weighted by atomic mass is 79.9. The van der Waals surface area contributed by atoms with Gasteiger partial charge in [0.15, 0.2) is 0 Å². The SMILES string of the molecule is Brc1ccc(Br)nc1.NNc1ccc(Br)cn1. The first-order valence-electron chi connectivity index (χ1n) is 4.47. The summed E-state index contributed by atoms with van der Waals surface area (Å²) in [5, 5.41) is 0. The molecule has 0 aliphatic carbocycles. The summed E-state index contributed by atoms with van der Waals surface area (Å²) in [6.45, 7) is 0. The molecule has 0 atom stereocenters. The second-order valence-electron chi connectivity index (χ2n) is 2.81. The molecule has 0 aromatic carbocycles. The van der Waals surface area contributed by atoms with Crippen molar-refractivity contribution in [3.05, 3.63) is 50.2 Å². The van der Waals surface area contributed by atoms with Gasteiger partial charge in [-0.15, -0.1) is 0 Å². The summed E-state index contributed by atoms with van der Waals surface area (Å²) in [4.78, 5) is 7.86. The molecule has 3 N–H and O–H groups in total. The van der Waals surface area contributed by atoms with Gasteiger partial charge in [-0.3, -0.25) is 0 Å². The molecule has 17 heavy (non-hydrogen) atoms. The topological polar surface area (TPSA) is 63.8 Å². The Morgan fingerprint density at radius 1 is 0.882 bits per heavy atom. The molecular weight excluding hydrogens is 416 g/mol. The lowest BCUT2D eigenvalue weighted by atomic mass is 10.5. The zero-order valence-corrected chi connectivity index (χ0v) is 13.3. The third-order valence-corrected chi connectivity index (χ3v) is 2.97. The minimum Gasteiger partial charge on any atom is -0.308 e. The molecule has 0 aliphatic rings. The van der Waals surface area contributed by atoms with Crippen LogP contribution in [0.25, 0.3) is 0 Å². The van der Waals surface area contributed by atoms with Crippen molar-refractivity contribution in [3.63, 3.8) is 0 Å². The first-order chi connectivity index (χ1) is 8.11. The molecule has 2 aromatic rings. The Kier molecular flexibility index (Phi) is 6.64. The standard InChI is InChI=1S/C5H3Br2N.C5H6BrN3/c6-4-1-2-5(7)8-3-4;6-4-1-2-5(9-7)8-3-4/h1-3H;1-3H,7H2,(H,8,9).